The van der Waals surface area contributed by atoms with E-state index in [9.17, 15) is 13.6 Å². The summed E-state index contributed by atoms with van der Waals surface area (Å²) in [6.07, 6.45) is 2.30. The molecule has 0 radical (unpaired) electrons. The zero-order chi connectivity index (χ0) is 19.0. The topological polar surface area (TPSA) is 58.7 Å². The van der Waals surface area contributed by atoms with Crippen molar-refractivity contribution in [3.05, 3.63) is 70.8 Å². The van der Waals surface area contributed by atoms with Crippen molar-refractivity contribution in [1.82, 2.24) is 5.01 Å². The Bertz CT molecular complexity index is 933. The van der Waals surface area contributed by atoms with E-state index in [0.29, 0.717) is 24.4 Å². The van der Waals surface area contributed by atoms with Crippen LogP contribution in [0, 0.1) is 11.6 Å². The van der Waals surface area contributed by atoms with E-state index < -0.39 is 16.5 Å². The van der Waals surface area contributed by atoms with E-state index in [-0.39, 0.29) is 17.9 Å². The zero-order valence-corrected chi connectivity index (χ0v) is 15.4. The van der Waals surface area contributed by atoms with Crippen LogP contribution in [-0.2, 0) is 16.1 Å². The minimum atomic E-state index is -0.712. The van der Waals surface area contributed by atoms with Crippen LogP contribution in [0.3, 0.4) is 0 Å². The average Bonchev–Trinajstić information content (AvgIpc) is 3.24. The van der Waals surface area contributed by atoms with Gasteiger partial charge in [-0.15, -0.1) is 0 Å². The van der Waals surface area contributed by atoms with Crippen LogP contribution in [0.5, 0.6) is 0 Å². The molecule has 0 fully saturated rings. The quantitative estimate of drug-likeness (QED) is 0.869. The van der Waals surface area contributed by atoms with E-state index >= 15 is 0 Å². The number of nitrogens with two attached hydrogens (primary N) is 1. The first kappa shape index (κ1) is 18.1. The largest absolute Gasteiger partial charge is 0.330 e. The Morgan fingerprint density at radius 2 is 2.07 bits per heavy atom. The second kappa shape index (κ2) is 7.05. The first-order valence-corrected chi connectivity index (χ1v) is 9.71. The van der Waals surface area contributed by atoms with Gasteiger partial charge in [0.15, 0.2) is 0 Å². The lowest BCUT2D eigenvalue weighted by molar-refractivity contribution is -0.134. The highest BCUT2D eigenvalue weighted by molar-refractivity contribution is 8.15. The predicted octanol–water partition coefficient (Wildman–Crippen LogP) is 3.74. The predicted molar refractivity (Wildman–Crippen MR) is 102 cm³/mol. The summed E-state index contributed by atoms with van der Waals surface area (Å²) in [5.41, 5.74) is 7.79. The molecule has 7 heteroatoms. The van der Waals surface area contributed by atoms with Crippen LogP contribution in [0.4, 0.5) is 8.78 Å². The molecule has 0 saturated carbocycles. The third-order valence-electron chi connectivity index (χ3n) is 4.96. The maximum atomic E-state index is 14.3. The summed E-state index contributed by atoms with van der Waals surface area (Å²) < 4.78 is 28.0. The SMILES string of the molecule is NCCCC(=O)N1N=C(c2cc(F)ccc2F)SC12CCc1ccccc12. The first-order chi connectivity index (χ1) is 13.0. The van der Waals surface area contributed by atoms with Gasteiger partial charge in [0.2, 0.25) is 5.91 Å². The van der Waals surface area contributed by atoms with Gasteiger partial charge in [0.25, 0.3) is 0 Å². The molecular formula is C20H19F2N3OS. The van der Waals surface area contributed by atoms with E-state index in [2.05, 4.69) is 5.10 Å². The van der Waals surface area contributed by atoms with E-state index in [1.54, 1.807) is 0 Å². The van der Waals surface area contributed by atoms with Gasteiger partial charge in [-0.1, -0.05) is 36.0 Å². The average molecular weight is 387 g/mol. The van der Waals surface area contributed by atoms with Crippen molar-refractivity contribution in [3.63, 3.8) is 0 Å². The van der Waals surface area contributed by atoms with Gasteiger partial charge in [0.1, 0.15) is 21.5 Å². The third-order valence-corrected chi connectivity index (χ3v) is 6.39. The molecule has 140 valence electrons. The van der Waals surface area contributed by atoms with Crippen LogP contribution in [-0.4, -0.2) is 22.5 Å². The number of rotatable bonds is 4. The minimum Gasteiger partial charge on any atom is -0.330 e. The van der Waals surface area contributed by atoms with Crippen molar-refractivity contribution in [1.29, 1.82) is 0 Å². The fraction of sp³-hybridized carbons (Fsp3) is 0.300. The fourth-order valence-electron chi connectivity index (χ4n) is 3.67. The third kappa shape index (κ3) is 3.04. The number of benzene rings is 2. The van der Waals surface area contributed by atoms with Crippen LogP contribution >= 0.6 is 11.8 Å². The summed E-state index contributed by atoms with van der Waals surface area (Å²) >= 11 is 1.33. The molecule has 1 spiro atoms. The lowest BCUT2D eigenvalue weighted by atomic mass is 10.1. The standard InChI is InChI=1S/C20H19F2N3OS/c21-14-7-8-17(22)15(12-14)19-24-25(18(26)6-3-11-23)20(27-19)10-9-13-4-1-2-5-16(13)20/h1-2,4-5,7-8,12H,3,6,9-11,23H2. The molecule has 1 aliphatic carbocycles. The first-order valence-electron chi connectivity index (χ1n) is 8.90. The van der Waals surface area contributed by atoms with Crippen molar-refractivity contribution in [2.24, 2.45) is 10.8 Å². The Morgan fingerprint density at radius 1 is 1.26 bits per heavy atom. The molecule has 4 rings (SSSR count). The van der Waals surface area contributed by atoms with Gasteiger partial charge in [-0.2, -0.15) is 5.10 Å². The summed E-state index contributed by atoms with van der Waals surface area (Å²) in [4.78, 5) is 12.2. The van der Waals surface area contributed by atoms with E-state index in [1.165, 1.54) is 16.8 Å². The molecule has 2 N–H and O–H groups in total. The molecule has 2 aromatic rings. The van der Waals surface area contributed by atoms with Gasteiger partial charge in [-0.05, 0) is 55.1 Å². The van der Waals surface area contributed by atoms with Crippen LogP contribution in [0.1, 0.15) is 36.0 Å². The normalized spacial score (nSPS) is 20.9. The molecule has 2 aliphatic rings. The van der Waals surface area contributed by atoms with Gasteiger partial charge in [0.05, 0.1) is 0 Å². The number of carbonyl (C=O) groups is 1. The molecule has 2 aromatic carbocycles. The number of halogens is 2. The summed E-state index contributed by atoms with van der Waals surface area (Å²) in [6.45, 7) is 0.408. The molecule has 1 aliphatic heterocycles. The Labute approximate surface area is 160 Å². The fourth-order valence-corrected chi connectivity index (χ4v) is 5.12. The zero-order valence-electron chi connectivity index (χ0n) is 14.6. The minimum absolute atomic E-state index is 0.0814. The Balaban J connectivity index is 1.79. The second-order valence-corrected chi connectivity index (χ2v) is 7.94. The number of hydrazone groups is 1. The smallest absolute Gasteiger partial charge is 0.244 e. The number of hydrogen-bond acceptors (Lipinski definition) is 4. The molecule has 0 bridgehead atoms. The van der Waals surface area contributed by atoms with Gasteiger partial charge in [-0.3, -0.25) is 4.79 Å². The Hall–Kier alpha value is -2.25. The molecule has 4 nitrogen and oxygen atoms in total. The van der Waals surface area contributed by atoms with Crippen LogP contribution < -0.4 is 5.73 Å². The van der Waals surface area contributed by atoms with Crippen molar-refractivity contribution in [2.45, 2.75) is 30.6 Å². The maximum absolute atomic E-state index is 14.3. The maximum Gasteiger partial charge on any atom is 0.244 e. The van der Waals surface area contributed by atoms with Gasteiger partial charge in [0, 0.05) is 12.0 Å². The van der Waals surface area contributed by atoms with Crippen LogP contribution in [0.15, 0.2) is 47.6 Å². The Morgan fingerprint density at radius 3 is 2.89 bits per heavy atom. The monoisotopic (exact) mass is 387 g/mol. The lowest BCUT2D eigenvalue weighted by Gasteiger charge is -2.32. The summed E-state index contributed by atoms with van der Waals surface area (Å²) in [5.74, 6) is -1.25. The van der Waals surface area contributed by atoms with Gasteiger partial charge in [-0.25, -0.2) is 13.8 Å². The highest BCUT2D eigenvalue weighted by atomic mass is 32.2. The molecule has 27 heavy (non-hydrogen) atoms. The van der Waals surface area contributed by atoms with Crippen molar-refractivity contribution in [3.8, 4) is 0 Å². The number of fused-ring (bicyclic) bond motifs is 2. The number of carbonyl (C=O) groups excluding carboxylic acids is 1. The lowest BCUT2D eigenvalue weighted by Crippen LogP contribution is -2.39. The molecular weight excluding hydrogens is 368 g/mol. The molecule has 0 saturated heterocycles. The van der Waals surface area contributed by atoms with Crippen molar-refractivity contribution in [2.75, 3.05) is 6.54 Å². The number of thioether (sulfide) groups is 1. The summed E-state index contributed by atoms with van der Waals surface area (Å²) in [7, 11) is 0. The highest BCUT2D eigenvalue weighted by Gasteiger charge is 2.52. The molecule has 1 unspecified atom stereocenters. The number of amides is 1. The van der Waals surface area contributed by atoms with E-state index in [4.69, 9.17) is 5.73 Å². The molecule has 1 amide bonds. The van der Waals surface area contributed by atoms with Crippen LogP contribution in [0.2, 0.25) is 0 Å². The second-order valence-electron chi connectivity index (χ2n) is 6.67. The number of aryl methyl sites for hydroxylation is 1. The van der Waals surface area contributed by atoms with Gasteiger partial charge >= 0.3 is 0 Å². The van der Waals surface area contributed by atoms with Crippen molar-refractivity contribution >= 4 is 22.7 Å². The molecule has 1 atom stereocenters. The molecule has 1 heterocycles. The van der Waals surface area contributed by atoms with Crippen molar-refractivity contribution < 1.29 is 13.6 Å². The highest BCUT2D eigenvalue weighted by Crippen LogP contribution is 2.55. The molecule has 0 aromatic heterocycles. The van der Waals surface area contributed by atoms with E-state index in [1.807, 2.05) is 24.3 Å². The van der Waals surface area contributed by atoms with Crippen LogP contribution in [0.25, 0.3) is 0 Å². The van der Waals surface area contributed by atoms with E-state index in [0.717, 1.165) is 35.7 Å². The summed E-state index contributed by atoms with van der Waals surface area (Å²) in [6, 6.07) is 11.2. The van der Waals surface area contributed by atoms with Gasteiger partial charge < -0.3 is 5.73 Å². The summed E-state index contributed by atoms with van der Waals surface area (Å²) in [5, 5.41) is 6.26. The Kier molecular flexibility index (Phi) is 4.74. The number of nitrogens with zero attached hydrogens (tertiary/aromatic N) is 2. The number of hydrogen-bond donors (Lipinski definition) is 1.